The van der Waals surface area contributed by atoms with Crippen LogP contribution in [0.2, 0.25) is 0 Å². The number of nitrogens with zero attached hydrogens (tertiary/aromatic N) is 1. The zero-order valence-electron chi connectivity index (χ0n) is 33.1. The number of rotatable bonds is 7. The summed E-state index contributed by atoms with van der Waals surface area (Å²) in [6, 6.07) is 77.0. The van der Waals surface area contributed by atoms with Crippen molar-refractivity contribution >= 4 is 39.0 Å². The van der Waals surface area contributed by atoms with Crippen molar-refractivity contribution < 1.29 is 4.42 Å². The molecule has 0 atom stereocenters. The minimum absolute atomic E-state index is 0.118. The van der Waals surface area contributed by atoms with Gasteiger partial charge in [-0.15, -0.1) is 0 Å². The average molecular weight is 756 g/mol. The lowest BCUT2D eigenvalue weighted by atomic mass is 9.82. The molecule has 2 nitrogen and oxygen atoms in total. The molecule has 10 aromatic rings. The van der Waals surface area contributed by atoms with E-state index in [1.807, 2.05) is 12.1 Å². The maximum atomic E-state index is 6.30. The van der Waals surface area contributed by atoms with E-state index in [-0.39, 0.29) is 5.41 Å². The Labute approximate surface area is 345 Å². The number of hydrogen-bond acceptors (Lipinski definition) is 2. The van der Waals surface area contributed by atoms with Gasteiger partial charge >= 0.3 is 0 Å². The van der Waals surface area contributed by atoms with Gasteiger partial charge < -0.3 is 9.32 Å². The van der Waals surface area contributed by atoms with E-state index in [0.717, 1.165) is 55.7 Å². The van der Waals surface area contributed by atoms with Crippen molar-refractivity contribution in [2.24, 2.45) is 0 Å². The Morgan fingerprint density at radius 3 is 1.59 bits per heavy atom. The molecule has 11 rings (SSSR count). The summed E-state index contributed by atoms with van der Waals surface area (Å²) >= 11 is 0. The zero-order chi connectivity index (χ0) is 39.5. The Kier molecular flexibility index (Phi) is 8.20. The molecule has 0 fully saturated rings. The van der Waals surface area contributed by atoms with Crippen molar-refractivity contribution in [3.63, 3.8) is 0 Å². The monoisotopic (exact) mass is 755 g/mol. The Morgan fingerprint density at radius 1 is 0.339 bits per heavy atom. The zero-order valence-corrected chi connectivity index (χ0v) is 33.1. The highest BCUT2D eigenvalue weighted by molar-refractivity contribution is 6.08. The molecule has 0 bridgehead atoms. The van der Waals surface area contributed by atoms with Crippen LogP contribution in [-0.2, 0) is 5.41 Å². The van der Waals surface area contributed by atoms with E-state index in [9.17, 15) is 0 Å². The normalized spacial score (nSPS) is 12.7. The lowest BCUT2D eigenvalue weighted by molar-refractivity contribution is 0.660. The molecule has 0 unspecified atom stereocenters. The SMILES string of the molecule is CC1(C)c2ccccc2-c2c(-c3ccccc3N(c3ccccc3-c3ccc4oc5ccccc5c4c3)c3ccccc3-c3ccccc3-c3ccccc3)cccc21. The smallest absolute Gasteiger partial charge is 0.135 e. The van der Waals surface area contributed by atoms with Gasteiger partial charge in [-0.2, -0.15) is 0 Å². The maximum Gasteiger partial charge on any atom is 0.135 e. The maximum absolute atomic E-state index is 6.30. The van der Waals surface area contributed by atoms with Crippen LogP contribution in [0.5, 0.6) is 0 Å². The molecule has 59 heavy (non-hydrogen) atoms. The molecule has 0 radical (unpaired) electrons. The average Bonchev–Trinajstić information content (AvgIpc) is 3.79. The van der Waals surface area contributed by atoms with Gasteiger partial charge in [-0.05, 0) is 86.5 Å². The molecule has 1 heterocycles. The standard InChI is InChI=1S/C57H41NO/c1-57(2)49-29-13-8-27-47(49)56-46(28-18-30-50(56)57)44-25-11-16-33-53(44)58(52-32-15-10-24-43(52)42-23-7-6-21-40(42)38-19-4-3-5-20-38)51-31-14-9-22-41(51)39-35-36-55-48(37-39)45-26-12-17-34-54(45)59-55/h3-37H,1-2H3. The van der Waals surface area contributed by atoms with Crippen molar-refractivity contribution in [1.29, 1.82) is 0 Å². The number of furan rings is 1. The van der Waals surface area contributed by atoms with Crippen molar-refractivity contribution in [3.8, 4) is 55.6 Å². The minimum Gasteiger partial charge on any atom is -0.456 e. The third-order valence-corrected chi connectivity index (χ3v) is 12.3. The van der Waals surface area contributed by atoms with Gasteiger partial charge in [0.1, 0.15) is 11.2 Å². The molecule has 9 aromatic carbocycles. The van der Waals surface area contributed by atoms with Crippen molar-refractivity contribution in [2.45, 2.75) is 19.3 Å². The van der Waals surface area contributed by atoms with E-state index in [0.29, 0.717) is 0 Å². The van der Waals surface area contributed by atoms with E-state index in [1.165, 1.54) is 50.1 Å². The van der Waals surface area contributed by atoms with Crippen LogP contribution in [0.4, 0.5) is 17.1 Å². The number of benzene rings is 9. The van der Waals surface area contributed by atoms with Gasteiger partial charge in [0.2, 0.25) is 0 Å². The summed E-state index contributed by atoms with van der Waals surface area (Å²) < 4.78 is 6.30. The van der Waals surface area contributed by atoms with Crippen LogP contribution in [0.1, 0.15) is 25.0 Å². The van der Waals surface area contributed by atoms with Crippen molar-refractivity contribution in [3.05, 3.63) is 223 Å². The highest BCUT2D eigenvalue weighted by Gasteiger charge is 2.37. The van der Waals surface area contributed by atoms with Gasteiger partial charge in [0.15, 0.2) is 0 Å². The minimum atomic E-state index is -0.118. The summed E-state index contributed by atoms with van der Waals surface area (Å²) in [5.74, 6) is 0. The molecule has 1 aliphatic rings. The summed E-state index contributed by atoms with van der Waals surface area (Å²) in [6.45, 7) is 4.72. The molecule has 1 aliphatic carbocycles. The second-order valence-electron chi connectivity index (χ2n) is 16.0. The van der Waals surface area contributed by atoms with E-state index in [4.69, 9.17) is 4.42 Å². The first kappa shape index (κ1) is 34.8. The predicted molar refractivity (Wildman–Crippen MR) is 248 cm³/mol. The largest absolute Gasteiger partial charge is 0.456 e. The predicted octanol–water partition coefficient (Wildman–Crippen LogP) is 16.0. The lowest BCUT2D eigenvalue weighted by Crippen LogP contribution is -2.15. The summed E-state index contributed by atoms with van der Waals surface area (Å²) in [6.07, 6.45) is 0. The number of fused-ring (bicyclic) bond motifs is 6. The molecule has 1 aromatic heterocycles. The van der Waals surface area contributed by atoms with E-state index in [2.05, 4.69) is 219 Å². The Balaban J connectivity index is 1.20. The summed E-state index contributed by atoms with van der Waals surface area (Å²) in [7, 11) is 0. The van der Waals surface area contributed by atoms with Crippen molar-refractivity contribution in [2.75, 3.05) is 4.90 Å². The van der Waals surface area contributed by atoms with Crippen LogP contribution in [0.25, 0.3) is 77.6 Å². The number of para-hydroxylation sites is 4. The molecule has 0 aliphatic heterocycles. The Morgan fingerprint density at radius 2 is 0.847 bits per heavy atom. The number of anilines is 3. The van der Waals surface area contributed by atoms with E-state index in [1.54, 1.807) is 0 Å². The van der Waals surface area contributed by atoms with Crippen LogP contribution in [0, 0.1) is 0 Å². The second kappa shape index (κ2) is 13.9. The van der Waals surface area contributed by atoms with Crippen LogP contribution < -0.4 is 4.90 Å². The highest BCUT2D eigenvalue weighted by Crippen LogP contribution is 2.55. The molecule has 280 valence electrons. The molecular formula is C57H41NO. The fraction of sp³-hybridized carbons (Fsp3) is 0.0526. The second-order valence-corrected chi connectivity index (χ2v) is 16.0. The third kappa shape index (κ3) is 5.63. The molecule has 0 N–H and O–H groups in total. The van der Waals surface area contributed by atoms with Crippen molar-refractivity contribution in [1.82, 2.24) is 0 Å². The number of hydrogen-bond donors (Lipinski definition) is 0. The van der Waals surface area contributed by atoms with Crippen LogP contribution in [-0.4, -0.2) is 0 Å². The molecule has 0 amide bonds. The van der Waals surface area contributed by atoms with E-state index >= 15 is 0 Å². The quantitative estimate of drug-likeness (QED) is 0.161. The van der Waals surface area contributed by atoms with Gasteiger partial charge in [-0.25, -0.2) is 0 Å². The first-order valence-corrected chi connectivity index (χ1v) is 20.4. The van der Waals surface area contributed by atoms with Crippen LogP contribution in [0.15, 0.2) is 217 Å². The van der Waals surface area contributed by atoms with Gasteiger partial charge in [0, 0.05) is 32.9 Å². The molecule has 0 saturated carbocycles. The summed E-state index contributed by atoms with van der Waals surface area (Å²) in [4.78, 5) is 2.50. The van der Waals surface area contributed by atoms with Gasteiger partial charge in [0.05, 0.1) is 17.1 Å². The summed E-state index contributed by atoms with van der Waals surface area (Å²) in [5, 5.41) is 2.23. The molecular weight excluding hydrogens is 715 g/mol. The topological polar surface area (TPSA) is 16.4 Å². The fourth-order valence-electron chi connectivity index (χ4n) is 9.55. The molecule has 0 spiro atoms. The van der Waals surface area contributed by atoms with E-state index < -0.39 is 0 Å². The summed E-state index contributed by atoms with van der Waals surface area (Å²) in [5.41, 5.74) is 19.7. The Hall–Kier alpha value is -7.42. The van der Waals surface area contributed by atoms with Crippen LogP contribution in [0.3, 0.4) is 0 Å². The van der Waals surface area contributed by atoms with Gasteiger partial charge in [-0.3, -0.25) is 0 Å². The fourth-order valence-corrected chi connectivity index (χ4v) is 9.55. The first-order valence-electron chi connectivity index (χ1n) is 20.4. The van der Waals surface area contributed by atoms with Crippen LogP contribution >= 0.6 is 0 Å². The third-order valence-electron chi connectivity index (χ3n) is 12.3. The lowest BCUT2D eigenvalue weighted by Gasteiger charge is -2.32. The first-order chi connectivity index (χ1) is 29.1. The molecule has 2 heteroatoms. The highest BCUT2D eigenvalue weighted by atomic mass is 16.3. The molecule has 0 saturated heterocycles. The van der Waals surface area contributed by atoms with Gasteiger partial charge in [-0.1, -0.05) is 190 Å². The Bertz CT molecular complexity index is 3210. The van der Waals surface area contributed by atoms with Gasteiger partial charge in [0.25, 0.3) is 0 Å².